The Morgan fingerprint density at radius 2 is 1.69 bits per heavy atom. The summed E-state index contributed by atoms with van der Waals surface area (Å²) in [6.45, 7) is 3.86. The van der Waals surface area contributed by atoms with Gasteiger partial charge in [-0.2, -0.15) is 0 Å². The molecule has 2 aromatic rings. The SMILES string of the molecule is CCc1ccc(CN(C)C(=O)COC(=O)C(C)Sc2ccc([N+](=O)[O-])cc2)cc1. The van der Waals surface area contributed by atoms with E-state index in [1.807, 2.05) is 24.3 Å². The third-order valence-corrected chi connectivity index (χ3v) is 5.40. The van der Waals surface area contributed by atoms with Gasteiger partial charge in [-0.05, 0) is 36.6 Å². The van der Waals surface area contributed by atoms with Crippen LogP contribution in [-0.4, -0.2) is 40.6 Å². The maximum absolute atomic E-state index is 12.2. The largest absolute Gasteiger partial charge is 0.455 e. The van der Waals surface area contributed by atoms with Crippen molar-refractivity contribution in [1.29, 1.82) is 0 Å². The lowest BCUT2D eigenvalue weighted by Gasteiger charge is -2.18. The molecule has 7 nitrogen and oxygen atoms in total. The zero-order chi connectivity index (χ0) is 21.4. The molecule has 0 aromatic heterocycles. The van der Waals surface area contributed by atoms with E-state index < -0.39 is 16.1 Å². The number of esters is 1. The summed E-state index contributed by atoms with van der Waals surface area (Å²) >= 11 is 1.22. The summed E-state index contributed by atoms with van der Waals surface area (Å²) in [6, 6.07) is 14.0. The van der Waals surface area contributed by atoms with E-state index in [9.17, 15) is 19.7 Å². The number of amides is 1. The van der Waals surface area contributed by atoms with Crippen LogP contribution in [0.1, 0.15) is 25.0 Å². The van der Waals surface area contributed by atoms with E-state index in [0.717, 1.165) is 12.0 Å². The number of likely N-dealkylation sites (N-methyl/N-ethyl adjacent to an activating group) is 1. The third kappa shape index (κ3) is 6.90. The molecule has 1 amide bonds. The predicted octanol–water partition coefficient (Wildman–Crippen LogP) is 3.84. The van der Waals surface area contributed by atoms with E-state index >= 15 is 0 Å². The number of aryl methyl sites for hydroxylation is 1. The zero-order valence-electron chi connectivity index (χ0n) is 16.7. The van der Waals surface area contributed by atoms with Crippen LogP contribution >= 0.6 is 11.8 Å². The Balaban J connectivity index is 1.80. The summed E-state index contributed by atoms with van der Waals surface area (Å²) in [5, 5.41) is 10.1. The van der Waals surface area contributed by atoms with Crippen molar-refractivity contribution in [1.82, 2.24) is 4.90 Å². The summed E-state index contributed by atoms with van der Waals surface area (Å²) in [6.07, 6.45) is 0.959. The smallest absolute Gasteiger partial charge is 0.319 e. The van der Waals surface area contributed by atoms with E-state index in [1.165, 1.54) is 34.4 Å². The molecule has 0 aliphatic rings. The Morgan fingerprint density at radius 3 is 2.24 bits per heavy atom. The van der Waals surface area contributed by atoms with Gasteiger partial charge in [-0.3, -0.25) is 19.7 Å². The molecule has 0 aliphatic heterocycles. The maximum Gasteiger partial charge on any atom is 0.319 e. The van der Waals surface area contributed by atoms with Crippen LogP contribution in [0.5, 0.6) is 0 Å². The number of benzene rings is 2. The Hall–Kier alpha value is -2.87. The van der Waals surface area contributed by atoms with Gasteiger partial charge in [0.05, 0.1) is 4.92 Å². The predicted molar refractivity (Wildman–Crippen MR) is 112 cm³/mol. The number of carbonyl (C=O) groups excluding carboxylic acids is 2. The Bertz CT molecular complexity index is 852. The number of nitrogens with zero attached hydrogens (tertiary/aromatic N) is 2. The fourth-order valence-corrected chi connectivity index (χ4v) is 3.37. The number of thioether (sulfide) groups is 1. The second kappa shape index (κ2) is 10.6. The van der Waals surface area contributed by atoms with Crippen molar-refractivity contribution in [2.45, 2.75) is 37.0 Å². The first-order valence-corrected chi connectivity index (χ1v) is 10.1. The molecule has 0 N–H and O–H groups in total. The van der Waals surface area contributed by atoms with Crippen molar-refractivity contribution in [3.05, 3.63) is 69.8 Å². The molecule has 1 unspecified atom stereocenters. The summed E-state index contributed by atoms with van der Waals surface area (Å²) in [4.78, 5) is 36.8. The summed E-state index contributed by atoms with van der Waals surface area (Å²) in [7, 11) is 1.67. The third-order valence-electron chi connectivity index (χ3n) is 4.31. The van der Waals surface area contributed by atoms with Crippen LogP contribution in [0.4, 0.5) is 5.69 Å². The van der Waals surface area contributed by atoms with Gasteiger partial charge in [-0.25, -0.2) is 0 Å². The van der Waals surface area contributed by atoms with E-state index in [-0.39, 0.29) is 18.2 Å². The highest BCUT2D eigenvalue weighted by Gasteiger charge is 2.19. The molecular weight excluding hydrogens is 392 g/mol. The van der Waals surface area contributed by atoms with Crippen molar-refractivity contribution < 1.29 is 19.2 Å². The van der Waals surface area contributed by atoms with Crippen LogP contribution in [0.25, 0.3) is 0 Å². The Morgan fingerprint density at radius 1 is 1.10 bits per heavy atom. The fourth-order valence-electron chi connectivity index (χ4n) is 2.50. The van der Waals surface area contributed by atoms with Crippen LogP contribution in [0.15, 0.2) is 53.4 Å². The monoisotopic (exact) mass is 416 g/mol. The van der Waals surface area contributed by atoms with Gasteiger partial charge in [-0.1, -0.05) is 31.2 Å². The standard InChI is InChI=1S/C21H24N2O5S/c1-4-16-5-7-17(8-6-16)13-22(3)20(24)14-28-21(25)15(2)29-19-11-9-18(10-12-19)23(26)27/h5-12,15H,4,13-14H2,1-3H3. The molecule has 1 atom stereocenters. The van der Waals surface area contributed by atoms with E-state index in [2.05, 4.69) is 6.92 Å². The minimum atomic E-state index is -0.545. The minimum absolute atomic E-state index is 0.0115. The molecule has 0 saturated heterocycles. The molecule has 2 rings (SSSR count). The number of nitro benzene ring substituents is 1. The van der Waals surface area contributed by atoms with Gasteiger partial charge in [-0.15, -0.1) is 11.8 Å². The molecule has 0 aliphatic carbocycles. The van der Waals surface area contributed by atoms with Crippen molar-refractivity contribution in [3.63, 3.8) is 0 Å². The highest BCUT2D eigenvalue weighted by molar-refractivity contribution is 8.00. The number of ether oxygens (including phenoxy) is 1. The number of non-ortho nitro benzene ring substituents is 1. The number of rotatable bonds is 9. The van der Waals surface area contributed by atoms with Gasteiger partial charge in [0.25, 0.3) is 11.6 Å². The van der Waals surface area contributed by atoms with Crippen LogP contribution < -0.4 is 0 Å². The van der Waals surface area contributed by atoms with Gasteiger partial charge in [0.2, 0.25) is 0 Å². The van der Waals surface area contributed by atoms with Gasteiger partial charge in [0.1, 0.15) is 5.25 Å². The number of hydrogen-bond acceptors (Lipinski definition) is 6. The zero-order valence-corrected chi connectivity index (χ0v) is 17.5. The first-order valence-electron chi connectivity index (χ1n) is 9.19. The van der Waals surface area contributed by atoms with Crippen LogP contribution in [0.2, 0.25) is 0 Å². The molecule has 2 aromatic carbocycles. The van der Waals surface area contributed by atoms with E-state index in [4.69, 9.17) is 4.74 Å². The van der Waals surface area contributed by atoms with Gasteiger partial charge in [0.15, 0.2) is 6.61 Å². The lowest BCUT2D eigenvalue weighted by Crippen LogP contribution is -2.32. The molecule has 0 spiro atoms. The topological polar surface area (TPSA) is 89.8 Å². The van der Waals surface area contributed by atoms with Crippen molar-refractivity contribution in [2.24, 2.45) is 0 Å². The van der Waals surface area contributed by atoms with Gasteiger partial charge < -0.3 is 9.64 Å². The minimum Gasteiger partial charge on any atom is -0.455 e. The van der Waals surface area contributed by atoms with Crippen molar-refractivity contribution in [3.8, 4) is 0 Å². The summed E-state index contributed by atoms with van der Waals surface area (Å²) < 4.78 is 5.14. The van der Waals surface area contributed by atoms with Gasteiger partial charge in [0, 0.05) is 30.6 Å². The fraction of sp³-hybridized carbons (Fsp3) is 0.333. The summed E-state index contributed by atoms with van der Waals surface area (Å²) in [5.74, 6) is -0.798. The van der Waals surface area contributed by atoms with Crippen molar-refractivity contribution >= 4 is 29.3 Å². The first kappa shape index (κ1) is 22.4. The molecule has 8 heteroatoms. The molecule has 0 fully saturated rings. The highest BCUT2D eigenvalue weighted by atomic mass is 32.2. The normalized spacial score (nSPS) is 11.6. The number of carbonyl (C=O) groups is 2. The molecule has 0 saturated carbocycles. The quantitative estimate of drug-likeness (QED) is 0.267. The molecule has 29 heavy (non-hydrogen) atoms. The number of nitro groups is 1. The average Bonchev–Trinajstić information content (AvgIpc) is 2.72. The maximum atomic E-state index is 12.2. The lowest BCUT2D eigenvalue weighted by atomic mass is 10.1. The number of hydrogen-bond donors (Lipinski definition) is 0. The van der Waals surface area contributed by atoms with Gasteiger partial charge >= 0.3 is 5.97 Å². The summed E-state index contributed by atoms with van der Waals surface area (Å²) in [5.41, 5.74) is 2.23. The van der Waals surface area contributed by atoms with Crippen molar-refractivity contribution in [2.75, 3.05) is 13.7 Å². The molecule has 154 valence electrons. The van der Waals surface area contributed by atoms with Crippen LogP contribution in [-0.2, 0) is 27.3 Å². The second-order valence-corrected chi connectivity index (χ2v) is 7.95. The second-order valence-electron chi connectivity index (χ2n) is 6.54. The average molecular weight is 416 g/mol. The Kier molecular flexibility index (Phi) is 8.21. The van der Waals surface area contributed by atoms with Crippen LogP contribution in [0, 0.1) is 10.1 Å². The lowest BCUT2D eigenvalue weighted by molar-refractivity contribution is -0.384. The van der Waals surface area contributed by atoms with E-state index in [1.54, 1.807) is 26.1 Å². The van der Waals surface area contributed by atoms with Crippen LogP contribution in [0.3, 0.4) is 0 Å². The highest BCUT2D eigenvalue weighted by Crippen LogP contribution is 2.26. The molecule has 0 bridgehead atoms. The molecule has 0 heterocycles. The van der Waals surface area contributed by atoms with E-state index in [0.29, 0.717) is 11.4 Å². The Labute approximate surface area is 174 Å². The first-order chi connectivity index (χ1) is 13.8. The molecule has 0 radical (unpaired) electrons. The molecular formula is C21H24N2O5S.